The van der Waals surface area contributed by atoms with E-state index in [0.717, 1.165) is 70.6 Å². The van der Waals surface area contributed by atoms with Crippen LogP contribution in [0.25, 0.3) is 0 Å². The number of unbranched alkanes of at least 4 members (excludes halogenated alkanes) is 13. The Kier molecular flexibility index (Phi) is 29.5. The van der Waals surface area contributed by atoms with E-state index in [1.165, 1.54) is 44.9 Å². The number of likely N-dealkylation sites (N-methyl/N-ethyl adjacent to an activating group) is 1. The van der Waals surface area contributed by atoms with E-state index in [1.54, 1.807) is 6.08 Å². The lowest BCUT2D eigenvalue weighted by Gasteiger charge is -2.29. The number of amides is 1. The highest BCUT2D eigenvalue weighted by Crippen LogP contribution is 2.38. The number of rotatable bonds is 32. The Morgan fingerprint density at radius 2 is 1.30 bits per heavy atom. The minimum atomic E-state index is -4.58. The summed E-state index contributed by atoms with van der Waals surface area (Å²) in [4.78, 5) is 25.1. The summed E-state index contributed by atoms with van der Waals surface area (Å²) >= 11 is 0. The summed E-state index contributed by atoms with van der Waals surface area (Å²) in [5.41, 5.74) is 0. The van der Waals surface area contributed by atoms with Crippen molar-refractivity contribution in [1.82, 2.24) is 5.32 Å². The van der Waals surface area contributed by atoms with Gasteiger partial charge in [-0.2, -0.15) is 0 Å². The van der Waals surface area contributed by atoms with Crippen molar-refractivity contribution in [3.63, 3.8) is 0 Å². The third-order valence-corrected chi connectivity index (χ3v) is 8.76. The molecule has 0 aliphatic carbocycles. The molecule has 0 radical (unpaired) electrons. The Hall–Kier alpha value is -1.54. The van der Waals surface area contributed by atoms with E-state index < -0.39 is 20.0 Å². The standard InChI is InChI=1S/C38H71N2O6P/c1-6-8-10-12-14-16-17-18-19-20-21-22-23-24-26-28-30-32-38(42)39-36(35-46-47(43,44)45-34-33-40(3,4)5)37(41)31-29-27-25-15-13-11-9-7-2/h8,10,14,16,18-19,29,31,36-37,41H,6-7,9,11-13,15,17,20-28,30,32-35H2,1-5H3,(H-,39,42,43,44)/b10-8-,16-14-,19-18-,31-29+. The van der Waals surface area contributed by atoms with Gasteiger partial charge in [-0.05, 0) is 51.4 Å². The molecular formula is C38H71N2O6P. The largest absolute Gasteiger partial charge is 0.756 e. The van der Waals surface area contributed by atoms with Crippen molar-refractivity contribution in [2.24, 2.45) is 0 Å². The second-order valence-electron chi connectivity index (χ2n) is 13.5. The van der Waals surface area contributed by atoms with E-state index in [9.17, 15) is 19.4 Å². The van der Waals surface area contributed by atoms with Gasteiger partial charge >= 0.3 is 0 Å². The summed E-state index contributed by atoms with van der Waals surface area (Å²) in [6, 6.07) is -0.888. The van der Waals surface area contributed by atoms with E-state index in [4.69, 9.17) is 9.05 Å². The molecule has 0 rings (SSSR count). The maximum absolute atomic E-state index is 12.7. The Balaban J connectivity index is 4.46. The molecule has 0 spiro atoms. The average Bonchev–Trinajstić information content (AvgIpc) is 3.01. The lowest BCUT2D eigenvalue weighted by Crippen LogP contribution is -2.45. The van der Waals surface area contributed by atoms with Crippen molar-refractivity contribution in [2.45, 2.75) is 148 Å². The summed E-state index contributed by atoms with van der Waals surface area (Å²) in [6.07, 6.45) is 35.9. The average molecular weight is 683 g/mol. The summed E-state index contributed by atoms with van der Waals surface area (Å²) in [7, 11) is 1.24. The van der Waals surface area contributed by atoms with Gasteiger partial charge in [-0.15, -0.1) is 0 Å². The number of allylic oxidation sites excluding steroid dienone is 7. The fraction of sp³-hybridized carbons (Fsp3) is 0.763. The van der Waals surface area contributed by atoms with Crippen LogP contribution in [-0.2, 0) is 18.4 Å². The Morgan fingerprint density at radius 3 is 1.89 bits per heavy atom. The minimum Gasteiger partial charge on any atom is -0.756 e. The van der Waals surface area contributed by atoms with Gasteiger partial charge in [0.2, 0.25) is 5.91 Å². The quantitative estimate of drug-likeness (QED) is 0.0318. The lowest BCUT2D eigenvalue weighted by molar-refractivity contribution is -0.870. The Labute approximate surface area is 289 Å². The van der Waals surface area contributed by atoms with Crippen molar-refractivity contribution in [3.05, 3.63) is 48.6 Å². The van der Waals surface area contributed by atoms with Gasteiger partial charge in [0.1, 0.15) is 13.2 Å². The molecule has 0 saturated carbocycles. The lowest BCUT2D eigenvalue weighted by atomic mass is 10.1. The van der Waals surface area contributed by atoms with E-state index in [0.29, 0.717) is 17.4 Å². The molecule has 47 heavy (non-hydrogen) atoms. The maximum Gasteiger partial charge on any atom is 0.268 e. The third-order valence-electron chi connectivity index (χ3n) is 7.79. The van der Waals surface area contributed by atoms with Crippen LogP contribution in [0.5, 0.6) is 0 Å². The minimum absolute atomic E-state index is 0.00545. The van der Waals surface area contributed by atoms with E-state index in [-0.39, 0.29) is 19.1 Å². The molecule has 0 fully saturated rings. The maximum atomic E-state index is 12.7. The zero-order valence-corrected chi connectivity index (χ0v) is 31.6. The Morgan fingerprint density at radius 1 is 0.766 bits per heavy atom. The first-order chi connectivity index (χ1) is 22.5. The van der Waals surface area contributed by atoms with Gasteiger partial charge in [0.15, 0.2) is 0 Å². The number of aliphatic hydroxyl groups excluding tert-OH is 1. The van der Waals surface area contributed by atoms with Crippen molar-refractivity contribution in [2.75, 3.05) is 40.9 Å². The zero-order chi connectivity index (χ0) is 35.1. The van der Waals surface area contributed by atoms with Crippen LogP contribution < -0.4 is 10.2 Å². The van der Waals surface area contributed by atoms with Crippen LogP contribution in [0.3, 0.4) is 0 Å². The van der Waals surface area contributed by atoms with Gasteiger partial charge < -0.3 is 28.8 Å². The monoisotopic (exact) mass is 683 g/mol. The molecule has 1 amide bonds. The first kappa shape index (κ1) is 45.5. The number of phosphoric ester groups is 1. The highest BCUT2D eigenvalue weighted by atomic mass is 31.2. The van der Waals surface area contributed by atoms with Gasteiger partial charge in [-0.3, -0.25) is 9.36 Å². The van der Waals surface area contributed by atoms with Crippen molar-refractivity contribution < 1.29 is 32.9 Å². The first-order valence-corrected chi connectivity index (χ1v) is 20.0. The summed E-state index contributed by atoms with van der Waals surface area (Å²) in [5.74, 6) is -0.215. The van der Waals surface area contributed by atoms with Crippen molar-refractivity contribution >= 4 is 13.7 Å². The molecule has 0 aromatic rings. The molecule has 3 unspecified atom stereocenters. The van der Waals surface area contributed by atoms with E-state index in [1.807, 2.05) is 27.2 Å². The molecule has 0 aliphatic heterocycles. The molecule has 274 valence electrons. The van der Waals surface area contributed by atoms with Gasteiger partial charge in [0, 0.05) is 6.42 Å². The summed E-state index contributed by atoms with van der Waals surface area (Å²) < 4.78 is 23.0. The highest BCUT2D eigenvalue weighted by Gasteiger charge is 2.23. The molecule has 0 aromatic carbocycles. The van der Waals surface area contributed by atoms with Gasteiger partial charge in [-0.1, -0.05) is 127 Å². The van der Waals surface area contributed by atoms with Gasteiger partial charge in [-0.25, -0.2) is 0 Å². The Bertz CT molecular complexity index is 912. The topological polar surface area (TPSA) is 108 Å². The molecule has 9 heteroatoms. The molecule has 3 atom stereocenters. The van der Waals surface area contributed by atoms with E-state index in [2.05, 4.69) is 55.6 Å². The smallest absolute Gasteiger partial charge is 0.268 e. The highest BCUT2D eigenvalue weighted by molar-refractivity contribution is 7.45. The molecule has 0 saturated heterocycles. The number of nitrogens with zero attached hydrogens (tertiary/aromatic N) is 1. The number of hydrogen-bond donors (Lipinski definition) is 2. The second-order valence-corrected chi connectivity index (χ2v) is 15.0. The fourth-order valence-electron chi connectivity index (χ4n) is 4.81. The van der Waals surface area contributed by atoms with Crippen LogP contribution in [0.1, 0.15) is 136 Å². The molecule has 8 nitrogen and oxygen atoms in total. The molecule has 0 bridgehead atoms. The van der Waals surface area contributed by atoms with Gasteiger partial charge in [0.05, 0.1) is 39.9 Å². The van der Waals surface area contributed by atoms with Crippen molar-refractivity contribution in [3.8, 4) is 0 Å². The molecule has 0 heterocycles. The first-order valence-electron chi connectivity index (χ1n) is 18.5. The van der Waals surface area contributed by atoms with E-state index >= 15 is 0 Å². The molecular weight excluding hydrogens is 611 g/mol. The van der Waals surface area contributed by atoms with Crippen molar-refractivity contribution in [1.29, 1.82) is 0 Å². The molecule has 2 N–H and O–H groups in total. The summed E-state index contributed by atoms with van der Waals surface area (Å²) in [5, 5.41) is 13.6. The zero-order valence-electron chi connectivity index (χ0n) is 30.7. The van der Waals surface area contributed by atoms with Crippen LogP contribution in [0.2, 0.25) is 0 Å². The number of carbonyl (C=O) groups is 1. The van der Waals surface area contributed by atoms with Crippen LogP contribution in [0.4, 0.5) is 0 Å². The number of quaternary nitrogens is 1. The van der Waals surface area contributed by atoms with Crippen LogP contribution in [0, 0.1) is 0 Å². The predicted molar refractivity (Wildman–Crippen MR) is 196 cm³/mol. The number of hydrogen-bond acceptors (Lipinski definition) is 6. The van der Waals surface area contributed by atoms with Gasteiger partial charge in [0.25, 0.3) is 7.82 Å². The fourth-order valence-corrected chi connectivity index (χ4v) is 5.53. The number of carbonyl (C=O) groups excluding carboxylic acids is 1. The van der Waals surface area contributed by atoms with Crippen LogP contribution in [0.15, 0.2) is 48.6 Å². The molecule has 0 aliphatic rings. The second kappa shape index (κ2) is 30.5. The predicted octanol–water partition coefficient (Wildman–Crippen LogP) is 8.72. The number of nitrogens with one attached hydrogen (secondary N) is 1. The number of phosphoric acid groups is 1. The van der Waals surface area contributed by atoms with Crippen LogP contribution in [-0.4, -0.2) is 68.5 Å². The van der Waals surface area contributed by atoms with Crippen LogP contribution >= 0.6 is 7.82 Å². The number of aliphatic hydroxyl groups is 1. The molecule has 0 aromatic heterocycles. The summed E-state index contributed by atoms with van der Waals surface area (Å²) in [6.45, 7) is 4.45. The normalized spacial score (nSPS) is 15.3. The third kappa shape index (κ3) is 32.8. The SMILES string of the molecule is CC/C=C\C/C=C\C/C=C\CCCCCCCCCC(=O)NC(COP(=O)([O-])OCC[N+](C)(C)C)C(O)/C=C/CCCCCCCC.